The Labute approximate surface area is 205 Å². The number of nitrogens with one attached hydrogen (secondary N) is 2. The summed E-state index contributed by atoms with van der Waals surface area (Å²) in [6.07, 6.45) is 2.52. The zero-order chi connectivity index (χ0) is 23.1. The highest BCUT2D eigenvalue weighted by atomic mass is 79.9. The van der Waals surface area contributed by atoms with Gasteiger partial charge in [0.2, 0.25) is 0 Å². The molecule has 0 saturated carbocycles. The maximum Gasteiger partial charge on any atom is 0.271 e. The van der Waals surface area contributed by atoms with E-state index in [2.05, 4.69) is 52.9 Å². The molecule has 0 radical (unpaired) electrons. The minimum atomic E-state index is -0.416. The summed E-state index contributed by atoms with van der Waals surface area (Å²) < 4.78 is 1.52. The van der Waals surface area contributed by atoms with Gasteiger partial charge in [0, 0.05) is 36.2 Å². The van der Waals surface area contributed by atoms with Crippen LogP contribution in [0.1, 0.15) is 31.8 Å². The molecule has 3 N–H and O–H groups in total. The fraction of sp³-hybridized carbons (Fsp3) is 0. The Morgan fingerprint density at radius 3 is 1.66 bits per heavy atom. The van der Waals surface area contributed by atoms with Crippen LogP contribution in [0.2, 0.25) is 5.02 Å². The molecule has 0 unspecified atom stereocenters. The first-order chi connectivity index (χ1) is 15.3. The first kappa shape index (κ1) is 23.6. The van der Waals surface area contributed by atoms with E-state index in [0.717, 1.165) is 8.95 Å². The van der Waals surface area contributed by atoms with E-state index < -0.39 is 11.8 Å². The van der Waals surface area contributed by atoms with Crippen molar-refractivity contribution in [2.24, 2.45) is 10.2 Å². The molecule has 3 aromatic rings. The van der Waals surface area contributed by atoms with Gasteiger partial charge >= 0.3 is 0 Å². The molecule has 0 aliphatic rings. The first-order valence-electron chi connectivity index (χ1n) is 9.04. The highest BCUT2D eigenvalue weighted by molar-refractivity contribution is 9.10. The van der Waals surface area contributed by atoms with Crippen molar-refractivity contribution in [2.45, 2.75) is 0 Å². The van der Waals surface area contributed by atoms with Gasteiger partial charge in [0.1, 0.15) is 5.75 Å². The van der Waals surface area contributed by atoms with Crippen LogP contribution in [-0.2, 0) is 0 Å². The molecule has 3 rings (SSSR count). The topological polar surface area (TPSA) is 103 Å². The van der Waals surface area contributed by atoms with Crippen LogP contribution < -0.4 is 10.9 Å². The van der Waals surface area contributed by atoms with Gasteiger partial charge in [-0.15, -0.1) is 0 Å². The summed E-state index contributed by atoms with van der Waals surface area (Å²) in [6.45, 7) is 0. The van der Waals surface area contributed by atoms with Crippen molar-refractivity contribution in [3.63, 3.8) is 0 Å². The van der Waals surface area contributed by atoms with Crippen LogP contribution in [0.4, 0.5) is 0 Å². The zero-order valence-electron chi connectivity index (χ0n) is 16.2. The third kappa shape index (κ3) is 6.49. The number of rotatable bonds is 6. The molecule has 0 aliphatic heterocycles. The highest BCUT2D eigenvalue weighted by Gasteiger charge is 2.09. The number of nitrogens with zero attached hydrogens (tertiary/aromatic N) is 2. The van der Waals surface area contributed by atoms with Crippen molar-refractivity contribution in [1.82, 2.24) is 10.9 Å². The lowest BCUT2D eigenvalue weighted by Gasteiger charge is -2.05. The Bertz CT molecular complexity index is 1140. The van der Waals surface area contributed by atoms with Crippen LogP contribution in [0.25, 0.3) is 0 Å². The predicted octanol–water partition coefficient (Wildman–Crippen LogP) is 5.10. The Balaban J connectivity index is 1.69. The first-order valence-corrected chi connectivity index (χ1v) is 11.0. The number of hydrazone groups is 2. The lowest BCUT2D eigenvalue weighted by Crippen LogP contribution is -2.17. The van der Waals surface area contributed by atoms with E-state index in [0.29, 0.717) is 16.1 Å². The van der Waals surface area contributed by atoms with Gasteiger partial charge in [-0.25, -0.2) is 10.9 Å². The summed E-state index contributed by atoms with van der Waals surface area (Å²) in [5.74, 6) is -1.00. The number of hydrogen-bond acceptors (Lipinski definition) is 5. The van der Waals surface area contributed by atoms with Crippen LogP contribution in [0.5, 0.6) is 5.75 Å². The van der Waals surface area contributed by atoms with Gasteiger partial charge in [-0.1, -0.05) is 55.6 Å². The molecule has 7 nitrogen and oxygen atoms in total. The Hall–Kier alpha value is -3.01. The number of carbonyl (C=O) groups is 2. The number of carbonyl (C=O) groups excluding carboxylic acids is 2. The van der Waals surface area contributed by atoms with Crippen molar-refractivity contribution in [3.8, 4) is 5.75 Å². The summed E-state index contributed by atoms with van der Waals surface area (Å²) in [5.41, 5.74) is 6.11. The van der Waals surface area contributed by atoms with Crippen molar-refractivity contribution >= 4 is 67.7 Å². The minimum absolute atomic E-state index is 0.171. The SMILES string of the molecule is O=C(N/N=C\c1cc(Cl)cc(/C=N\NC(=O)c2cccc(Br)c2)c1O)c1cccc(Br)c1. The van der Waals surface area contributed by atoms with Gasteiger partial charge in [-0.05, 0) is 48.5 Å². The van der Waals surface area contributed by atoms with Gasteiger partial charge in [0.05, 0.1) is 12.4 Å². The van der Waals surface area contributed by atoms with Gasteiger partial charge in [0.15, 0.2) is 0 Å². The summed E-state index contributed by atoms with van der Waals surface area (Å²) in [5, 5.41) is 18.5. The molecule has 0 atom stereocenters. The fourth-order valence-electron chi connectivity index (χ4n) is 2.55. The smallest absolute Gasteiger partial charge is 0.271 e. The molecular weight excluding hydrogens is 564 g/mol. The van der Waals surface area contributed by atoms with E-state index in [1.54, 1.807) is 48.5 Å². The molecule has 162 valence electrons. The van der Waals surface area contributed by atoms with Crippen LogP contribution in [0.3, 0.4) is 0 Å². The van der Waals surface area contributed by atoms with Gasteiger partial charge in [0.25, 0.3) is 11.8 Å². The van der Waals surface area contributed by atoms with E-state index >= 15 is 0 Å². The second-order valence-corrected chi connectivity index (χ2v) is 8.62. The number of phenolic OH excluding ortho intramolecular Hbond substituents is 1. The van der Waals surface area contributed by atoms with Crippen LogP contribution in [0.15, 0.2) is 79.8 Å². The summed E-state index contributed by atoms with van der Waals surface area (Å²) >= 11 is 12.7. The quantitative estimate of drug-likeness (QED) is 0.280. The Morgan fingerprint density at radius 1 is 0.812 bits per heavy atom. The molecule has 10 heteroatoms. The van der Waals surface area contributed by atoms with Crippen LogP contribution in [0, 0.1) is 0 Å². The largest absolute Gasteiger partial charge is 0.507 e. The van der Waals surface area contributed by atoms with Gasteiger partial charge in [-0.2, -0.15) is 10.2 Å². The Morgan fingerprint density at radius 2 is 1.25 bits per heavy atom. The van der Waals surface area contributed by atoms with Crippen LogP contribution >= 0.6 is 43.5 Å². The van der Waals surface area contributed by atoms with E-state index in [9.17, 15) is 14.7 Å². The zero-order valence-corrected chi connectivity index (χ0v) is 20.1. The number of phenols is 1. The lowest BCUT2D eigenvalue weighted by atomic mass is 10.1. The minimum Gasteiger partial charge on any atom is -0.507 e. The molecule has 0 spiro atoms. The monoisotopic (exact) mass is 576 g/mol. The van der Waals surface area contributed by atoms with E-state index in [-0.39, 0.29) is 16.9 Å². The van der Waals surface area contributed by atoms with Crippen molar-refractivity contribution in [1.29, 1.82) is 0 Å². The summed E-state index contributed by atoms with van der Waals surface area (Å²) in [4.78, 5) is 24.3. The average Bonchev–Trinajstić information content (AvgIpc) is 2.76. The molecule has 0 bridgehead atoms. The van der Waals surface area contributed by atoms with Gasteiger partial charge in [-0.3, -0.25) is 9.59 Å². The fourth-order valence-corrected chi connectivity index (χ4v) is 3.58. The Kier molecular flexibility index (Phi) is 8.15. The van der Waals surface area contributed by atoms with E-state index in [1.807, 2.05) is 0 Å². The predicted molar refractivity (Wildman–Crippen MR) is 132 cm³/mol. The van der Waals surface area contributed by atoms with Gasteiger partial charge < -0.3 is 5.11 Å². The van der Waals surface area contributed by atoms with Crippen molar-refractivity contribution in [2.75, 3.05) is 0 Å². The highest BCUT2D eigenvalue weighted by Crippen LogP contribution is 2.24. The summed E-state index contributed by atoms with van der Waals surface area (Å²) in [6, 6.07) is 16.6. The molecule has 3 aromatic carbocycles. The standard InChI is InChI=1S/C22H15Br2ClN4O3/c23-17-5-1-3-13(7-17)21(31)28-26-11-15-9-19(25)10-16(20(15)30)12-27-29-22(32)14-4-2-6-18(24)8-14/h1-12,30H,(H,28,31)(H,29,32)/b26-11-,27-12-. The number of aromatic hydroxyl groups is 1. The number of benzene rings is 3. The molecule has 0 aliphatic carbocycles. The van der Waals surface area contributed by atoms with E-state index in [1.165, 1.54) is 24.6 Å². The third-order valence-electron chi connectivity index (χ3n) is 4.05. The number of halogens is 3. The average molecular weight is 579 g/mol. The molecule has 0 aromatic heterocycles. The van der Waals surface area contributed by atoms with E-state index in [4.69, 9.17) is 11.6 Å². The second kappa shape index (κ2) is 11.0. The lowest BCUT2D eigenvalue weighted by molar-refractivity contribution is 0.0947. The maximum absolute atomic E-state index is 12.2. The summed E-state index contributed by atoms with van der Waals surface area (Å²) in [7, 11) is 0. The van der Waals surface area contributed by atoms with Crippen molar-refractivity contribution < 1.29 is 14.7 Å². The third-order valence-corrected chi connectivity index (χ3v) is 5.25. The maximum atomic E-state index is 12.2. The molecule has 2 amide bonds. The van der Waals surface area contributed by atoms with Crippen molar-refractivity contribution in [3.05, 3.63) is 96.9 Å². The number of hydrogen-bond donors (Lipinski definition) is 3. The molecule has 0 fully saturated rings. The molecular formula is C22H15Br2ClN4O3. The molecule has 0 saturated heterocycles. The normalized spacial score (nSPS) is 11.1. The molecule has 32 heavy (non-hydrogen) atoms. The van der Waals surface area contributed by atoms with Crippen LogP contribution in [-0.4, -0.2) is 29.4 Å². The number of amides is 2. The second-order valence-electron chi connectivity index (χ2n) is 6.35. The molecule has 0 heterocycles.